The first-order valence-electron chi connectivity index (χ1n) is 7.00. The van der Waals surface area contributed by atoms with E-state index in [0.29, 0.717) is 18.9 Å². The van der Waals surface area contributed by atoms with Gasteiger partial charge in [0.2, 0.25) is 10.0 Å². The van der Waals surface area contributed by atoms with Gasteiger partial charge >= 0.3 is 0 Å². The Kier molecular flexibility index (Phi) is 6.88. The average Bonchev–Trinajstić information content (AvgIpc) is 2.74. The van der Waals surface area contributed by atoms with Crippen LogP contribution in [0.25, 0.3) is 0 Å². The SMILES string of the molecule is CCNC(=NCCNS(=O)(=O)CC)NC1CCS(=O)(=O)C1. The van der Waals surface area contributed by atoms with E-state index in [0.717, 1.165) is 0 Å². The molecule has 3 N–H and O–H groups in total. The van der Waals surface area contributed by atoms with Crippen molar-refractivity contribution in [1.29, 1.82) is 0 Å². The molecule has 1 saturated heterocycles. The number of rotatable bonds is 7. The molecule has 8 nitrogen and oxygen atoms in total. The second kappa shape index (κ2) is 7.95. The van der Waals surface area contributed by atoms with Crippen LogP contribution in [0, 0.1) is 0 Å². The molecule has 1 atom stereocenters. The van der Waals surface area contributed by atoms with E-state index in [2.05, 4.69) is 20.3 Å². The van der Waals surface area contributed by atoms with Crippen molar-refractivity contribution in [2.45, 2.75) is 26.3 Å². The van der Waals surface area contributed by atoms with Crippen LogP contribution in [0.15, 0.2) is 4.99 Å². The summed E-state index contributed by atoms with van der Waals surface area (Å²) in [6.45, 7) is 4.62. The molecule has 124 valence electrons. The second-order valence-corrected chi connectivity index (χ2v) is 9.13. The fourth-order valence-electron chi connectivity index (χ4n) is 1.89. The maximum absolute atomic E-state index is 11.4. The van der Waals surface area contributed by atoms with Crippen LogP contribution in [0.2, 0.25) is 0 Å². The van der Waals surface area contributed by atoms with Crippen LogP contribution in [0.3, 0.4) is 0 Å². The summed E-state index contributed by atoms with van der Waals surface area (Å²) in [5, 5.41) is 6.08. The van der Waals surface area contributed by atoms with E-state index in [1.165, 1.54) is 0 Å². The van der Waals surface area contributed by atoms with Gasteiger partial charge in [0.25, 0.3) is 0 Å². The van der Waals surface area contributed by atoms with E-state index >= 15 is 0 Å². The summed E-state index contributed by atoms with van der Waals surface area (Å²) in [6.07, 6.45) is 0.565. The third kappa shape index (κ3) is 7.09. The van der Waals surface area contributed by atoms with Crippen molar-refractivity contribution in [2.75, 3.05) is 36.9 Å². The molecule has 0 aromatic heterocycles. The summed E-state index contributed by atoms with van der Waals surface area (Å²) >= 11 is 0. The summed E-state index contributed by atoms with van der Waals surface area (Å²) in [6, 6.07) is -0.139. The summed E-state index contributed by atoms with van der Waals surface area (Å²) in [5.41, 5.74) is 0. The number of hydrogen-bond donors (Lipinski definition) is 3. The van der Waals surface area contributed by atoms with E-state index in [1.54, 1.807) is 6.92 Å². The minimum absolute atomic E-state index is 0.0367. The Morgan fingerprint density at radius 3 is 2.57 bits per heavy atom. The minimum atomic E-state index is -3.21. The minimum Gasteiger partial charge on any atom is -0.357 e. The highest BCUT2D eigenvalue weighted by atomic mass is 32.2. The Morgan fingerprint density at radius 2 is 2.05 bits per heavy atom. The van der Waals surface area contributed by atoms with Crippen LogP contribution in [-0.4, -0.2) is 65.7 Å². The maximum atomic E-state index is 11.4. The van der Waals surface area contributed by atoms with Crippen LogP contribution >= 0.6 is 0 Å². The molecule has 1 unspecified atom stereocenters. The number of hydrogen-bond acceptors (Lipinski definition) is 5. The van der Waals surface area contributed by atoms with Crippen molar-refractivity contribution >= 4 is 25.8 Å². The molecule has 0 radical (unpaired) electrons. The summed E-state index contributed by atoms with van der Waals surface area (Å²) in [5.74, 6) is 0.852. The van der Waals surface area contributed by atoms with Gasteiger partial charge in [0, 0.05) is 19.1 Å². The average molecular weight is 340 g/mol. The molecule has 0 aliphatic carbocycles. The lowest BCUT2D eigenvalue weighted by atomic mass is 10.3. The summed E-state index contributed by atoms with van der Waals surface area (Å²) < 4.78 is 47.8. The number of aliphatic imine (C=N–C) groups is 1. The van der Waals surface area contributed by atoms with Crippen molar-refractivity contribution in [1.82, 2.24) is 15.4 Å². The van der Waals surface area contributed by atoms with Crippen molar-refractivity contribution in [2.24, 2.45) is 4.99 Å². The Balaban J connectivity index is 2.47. The lowest BCUT2D eigenvalue weighted by molar-refractivity contribution is 0.582. The highest BCUT2D eigenvalue weighted by Crippen LogP contribution is 2.10. The molecule has 1 heterocycles. The van der Waals surface area contributed by atoms with E-state index in [1.807, 2.05) is 6.92 Å². The van der Waals surface area contributed by atoms with Crippen molar-refractivity contribution in [3.8, 4) is 0 Å². The van der Waals surface area contributed by atoms with Gasteiger partial charge in [-0.15, -0.1) is 0 Å². The Morgan fingerprint density at radius 1 is 1.33 bits per heavy atom. The normalized spacial score (nSPS) is 22.2. The smallest absolute Gasteiger partial charge is 0.211 e. The fraction of sp³-hybridized carbons (Fsp3) is 0.909. The number of sulfonamides is 1. The van der Waals surface area contributed by atoms with Gasteiger partial charge in [0.15, 0.2) is 15.8 Å². The van der Waals surface area contributed by atoms with Crippen LogP contribution in [0.5, 0.6) is 0 Å². The molecule has 0 aromatic rings. The van der Waals surface area contributed by atoms with Crippen molar-refractivity contribution in [3.05, 3.63) is 0 Å². The molecule has 1 rings (SSSR count). The second-order valence-electron chi connectivity index (χ2n) is 4.80. The van der Waals surface area contributed by atoms with Crippen LogP contribution in [-0.2, 0) is 19.9 Å². The monoisotopic (exact) mass is 340 g/mol. The largest absolute Gasteiger partial charge is 0.357 e. The first-order valence-corrected chi connectivity index (χ1v) is 10.5. The standard InChI is InChI=1S/C11H24N4O4S2/c1-3-12-11(13-6-7-14-21(18,19)4-2)15-10-5-8-20(16,17)9-10/h10,14H,3-9H2,1-2H3,(H2,12,13,15). The summed E-state index contributed by atoms with van der Waals surface area (Å²) in [7, 11) is -6.15. The molecule has 0 amide bonds. The lowest BCUT2D eigenvalue weighted by Crippen LogP contribution is -2.44. The van der Waals surface area contributed by atoms with Gasteiger partial charge in [-0.3, -0.25) is 4.99 Å². The van der Waals surface area contributed by atoms with Gasteiger partial charge in [-0.1, -0.05) is 0 Å². The quantitative estimate of drug-likeness (QED) is 0.300. The van der Waals surface area contributed by atoms with Gasteiger partial charge in [0.1, 0.15) is 0 Å². The topological polar surface area (TPSA) is 117 Å². The van der Waals surface area contributed by atoms with E-state index in [-0.39, 0.29) is 36.4 Å². The molecular weight excluding hydrogens is 316 g/mol. The molecular formula is C11H24N4O4S2. The van der Waals surface area contributed by atoms with Crippen molar-refractivity contribution in [3.63, 3.8) is 0 Å². The number of sulfone groups is 1. The Hall–Kier alpha value is -0.870. The third-order valence-corrected chi connectivity index (χ3v) is 6.17. The molecule has 1 aliphatic heterocycles. The van der Waals surface area contributed by atoms with E-state index in [9.17, 15) is 16.8 Å². The summed E-state index contributed by atoms with van der Waals surface area (Å²) in [4.78, 5) is 4.23. The fourth-order valence-corrected chi connectivity index (χ4v) is 4.17. The third-order valence-electron chi connectivity index (χ3n) is 3.00. The van der Waals surface area contributed by atoms with E-state index < -0.39 is 19.9 Å². The van der Waals surface area contributed by atoms with Crippen LogP contribution < -0.4 is 15.4 Å². The molecule has 1 aliphatic rings. The molecule has 0 spiro atoms. The molecule has 0 saturated carbocycles. The predicted octanol–water partition coefficient (Wildman–Crippen LogP) is -1.33. The molecule has 21 heavy (non-hydrogen) atoms. The number of nitrogens with zero attached hydrogens (tertiary/aromatic N) is 1. The number of nitrogens with one attached hydrogen (secondary N) is 3. The highest BCUT2D eigenvalue weighted by molar-refractivity contribution is 7.91. The highest BCUT2D eigenvalue weighted by Gasteiger charge is 2.28. The van der Waals surface area contributed by atoms with Crippen LogP contribution in [0.1, 0.15) is 20.3 Å². The molecule has 1 fully saturated rings. The van der Waals surface area contributed by atoms with Crippen LogP contribution in [0.4, 0.5) is 0 Å². The first-order chi connectivity index (χ1) is 9.78. The zero-order valence-electron chi connectivity index (χ0n) is 12.4. The molecule has 10 heteroatoms. The number of guanidine groups is 1. The zero-order valence-corrected chi connectivity index (χ0v) is 14.1. The first kappa shape index (κ1) is 18.2. The lowest BCUT2D eigenvalue weighted by Gasteiger charge is -2.15. The van der Waals surface area contributed by atoms with Gasteiger partial charge in [-0.2, -0.15) is 0 Å². The van der Waals surface area contributed by atoms with Gasteiger partial charge in [-0.25, -0.2) is 21.6 Å². The molecule has 0 bridgehead atoms. The van der Waals surface area contributed by atoms with Crippen molar-refractivity contribution < 1.29 is 16.8 Å². The van der Waals surface area contributed by atoms with Gasteiger partial charge < -0.3 is 10.6 Å². The maximum Gasteiger partial charge on any atom is 0.211 e. The zero-order chi connectivity index (χ0) is 15.9. The van der Waals surface area contributed by atoms with E-state index in [4.69, 9.17) is 0 Å². The van der Waals surface area contributed by atoms with Gasteiger partial charge in [0.05, 0.1) is 23.8 Å². The van der Waals surface area contributed by atoms with Gasteiger partial charge in [-0.05, 0) is 20.3 Å². The predicted molar refractivity (Wildman–Crippen MR) is 83.6 cm³/mol. The Labute approximate surface area is 126 Å². The molecule has 0 aromatic carbocycles. The Bertz CT molecular complexity index is 557.